The summed E-state index contributed by atoms with van der Waals surface area (Å²) in [6, 6.07) is 6.93. The van der Waals surface area contributed by atoms with Gasteiger partial charge in [0, 0.05) is 12.6 Å². The van der Waals surface area contributed by atoms with Crippen molar-refractivity contribution in [3.8, 4) is 11.5 Å². The Kier molecular flexibility index (Phi) is 8.90. The lowest BCUT2D eigenvalue weighted by Crippen LogP contribution is -2.48. The van der Waals surface area contributed by atoms with E-state index in [0.717, 1.165) is 17.9 Å². The van der Waals surface area contributed by atoms with Crippen LogP contribution in [0.1, 0.15) is 27.2 Å². The first kappa shape index (κ1) is 20.5. The second kappa shape index (κ2) is 9.54. The van der Waals surface area contributed by atoms with Crippen molar-refractivity contribution >= 4 is 18.3 Å². The van der Waals surface area contributed by atoms with E-state index in [4.69, 9.17) is 15.2 Å². The van der Waals surface area contributed by atoms with Gasteiger partial charge in [0.05, 0.1) is 19.8 Å². The van der Waals surface area contributed by atoms with Crippen LogP contribution >= 0.6 is 12.4 Å². The summed E-state index contributed by atoms with van der Waals surface area (Å²) in [6.07, 6.45) is 0.722. The molecule has 0 fully saturated rings. The van der Waals surface area contributed by atoms with Crippen LogP contribution in [-0.4, -0.2) is 32.2 Å². The van der Waals surface area contributed by atoms with Gasteiger partial charge in [0.1, 0.15) is 11.5 Å². The summed E-state index contributed by atoms with van der Waals surface area (Å²) in [6.45, 7) is 6.92. The van der Waals surface area contributed by atoms with Gasteiger partial charge in [-0.2, -0.15) is 0 Å². The number of amides is 1. The number of rotatable bonds is 7. The summed E-state index contributed by atoms with van der Waals surface area (Å²) in [7, 11) is 1.62. The Morgan fingerprint density at radius 2 is 1.95 bits per heavy atom. The van der Waals surface area contributed by atoms with E-state index in [1.165, 1.54) is 0 Å². The molecule has 1 aromatic rings. The molecule has 126 valence electrons. The summed E-state index contributed by atoms with van der Waals surface area (Å²) < 4.78 is 10.7. The van der Waals surface area contributed by atoms with E-state index in [0.29, 0.717) is 13.2 Å². The average Bonchev–Trinajstić information content (AvgIpc) is 2.45. The predicted octanol–water partition coefficient (Wildman–Crippen LogP) is 2.38. The van der Waals surface area contributed by atoms with Crippen LogP contribution in [0.4, 0.5) is 0 Å². The first-order chi connectivity index (χ1) is 9.84. The first-order valence-corrected chi connectivity index (χ1v) is 7.14. The van der Waals surface area contributed by atoms with Crippen LogP contribution < -0.4 is 20.5 Å². The molecule has 0 aromatic heterocycles. The van der Waals surface area contributed by atoms with Gasteiger partial charge in [-0.1, -0.05) is 26.8 Å². The Morgan fingerprint density at radius 3 is 2.55 bits per heavy atom. The van der Waals surface area contributed by atoms with E-state index in [1.807, 2.05) is 45.0 Å². The minimum absolute atomic E-state index is 0. The molecule has 0 bridgehead atoms. The molecule has 22 heavy (non-hydrogen) atoms. The third-order valence-electron chi connectivity index (χ3n) is 3.15. The highest BCUT2D eigenvalue weighted by Gasteiger charge is 2.26. The Bertz CT molecular complexity index is 461. The third kappa shape index (κ3) is 7.00. The average molecular weight is 331 g/mol. The molecule has 0 radical (unpaired) electrons. The quantitative estimate of drug-likeness (QED) is 0.753. The van der Waals surface area contributed by atoms with Crippen molar-refractivity contribution in [3.63, 3.8) is 0 Å². The maximum Gasteiger partial charge on any atom is 0.237 e. The molecular formula is C16H27ClN2O3. The maximum absolute atomic E-state index is 11.8. The Morgan fingerprint density at radius 1 is 1.32 bits per heavy atom. The topological polar surface area (TPSA) is 73.6 Å². The van der Waals surface area contributed by atoms with Gasteiger partial charge in [0.2, 0.25) is 5.91 Å². The number of benzene rings is 1. The molecule has 0 heterocycles. The smallest absolute Gasteiger partial charge is 0.237 e. The number of ether oxygens (including phenoxy) is 2. The molecule has 0 saturated heterocycles. The number of hydrogen-bond donors (Lipinski definition) is 2. The van der Waals surface area contributed by atoms with Crippen LogP contribution in [0.2, 0.25) is 0 Å². The molecule has 1 atom stereocenters. The largest absolute Gasteiger partial charge is 0.497 e. The Balaban J connectivity index is 0.00000441. The molecule has 1 amide bonds. The zero-order chi connectivity index (χ0) is 15.9. The zero-order valence-electron chi connectivity index (χ0n) is 13.7. The van der Waals surface area contributed by atoms with Crippen molar-refractivity contribution < 1.29 is 14.3 Å². The number of nitrogens with two attached hydrogens (primary N) is 1. The summed E-state index contributed by atoms with van der Waals surface area (Å²) >= 11 is 0. The standard InChI is InChI=1S/C16H26N2O3.ClH/c1-16(2,3)14(17)15(19)18-9-6-10-21-13-8-5-7-12(11-13)20-4;/h5,7-8,11,14H,6,9-10,17H2,1-4H3,(H,18,19);1H/t14-;/m1./s1. The van der Waals surface area contributed by atoms with Crippen molar-refractivity contribution in [2.45, 2.75) is 33.2 Å². The molecular weight excluding hydrogens is 304 g/mol. The van der Waals surface area contributed by atoms with Gasteiger partial charge in [-0.15, -0.1) is 12.4 Å². The number of carbonyl (C=O) groups is 1. The number of nitrogens with one attached hydrogen (secondary N) is 1. The fourth-order valence-electron chi connectivity index (χ4n) is 1.67. The molecule has 5 nitrogen and oxygen atoms in total. The highest BCUT2D eigenvalue weighted by atomic mass is 35.5. The molecule has 3 N–H and O–H groups in total. The molecule has 0 spiro atoms. The number of methoxy groups -OCH3 is 1. The third-order valence-corrected chi connectivity index (χ3v) is 3.15. The lowest BCUT2D eigenvalue weighted by Gasteiger charge is -2.25. The molecule has 6 heteroatoms. The van der Waals surface area contributed by atoms with Crippen molar-refractivity contribution in [2.24, 2.45) is 11.1 Å². The minimum atomic E-state index is -0.503. The summed E-state index contributed by atoms with van der Waals surface area (Å²) in [4.78, 5) is 11.8. The second-order valence-corrected chi connectivity index (χ2v) is 6.02. The molecule has 0 aliphatic heterocycles. The van der Waals surface area contributed by atoms with Crippen LogP contribution in [0.15, 0.2) is 24.3 Å². The summed E-state index contributed by atoms with van der Waals surface area (Å²) in [5, 5.41) is 2.83. The summed E-state index contributed by atoms with van der Waals surface area (Å²) in [5.41, 5.74) is 5.64. The molecule has 1 rings (SSSR count). The highest BCUT2D eigenvalue weighted by Crippen LogP contribution is 2.19. The number of halogens is 1. The van der Waals surface area contributed by atoms with E-state index >= 15 is 0 Å². The fraction of sp³-hybridized carbons (Fsp3) is 0.562. The molecule has 0 saturated carbocycles. The SMILES string of the molecule is COc1cccc(OCCCNC(=O)[C@@H](N)C(C)(C)C)c1.Cl. The van der Waals surface area contributed by atoms with Crippen molar-refractivity contribution in [2.75, 3.05) is 20.3 Å². The van der Waals surface area contributed by atoms with Crippen LogP contribution in [-0.2, 0) is 4.79 Å². The fourth-order valence-corrected chi connectivity index (χ4v) is 1.67. The van der Waals surface area contributed by atoms with E-state index in [9.17, 15) is 4.79 Å². The highest BCUT2D eigenvalue weighted by molar-refractivity contribution is 5.85. The van der Waals surface area contributed by atoms with Crippen LogP contribution in [0.3, 0.4) is 0 Å². The minimum Gasteiger partial charge on any atom is -0.497 e. The van der Waals surface area contributed by atoms with E-state index in [-0.39, 0.29) is 23.7 Å². The molecule has 0 aliphatic carbocycles. The normalized spacial score (nSPS) is 12.0. The Hall–Kier alpha value is -1.46. The molecule has 0 aliphatic rings. The van der Waals surface area contributed by atoms with Crippen molar-refractivity contribution in [3.05, 3.63) is 24.3 Å². The van der Waals surface area contributed by atoms with Crippen LogP contribution in [0.25, 0.3) is 0 Å². The predicted molar refractivity (Wildman–Crippen MR) is 90.8 cm³/mol. The lowest BCUT2D eigenvalue weighted by molar-refractivity contribution is -0.124. The monoisotopic (exact) mass is 330 g/mol. The van der Waals surface area contributed by atoms with Crippen molar-refractivity contribution in [1.82, 2.24) is 5.32 Å². The van der Waals surface area contributed by atoms with E-state index in [2.05, 4.69) is 5.32 Å². The van der Waals surface area contributed by atoms with Crippen molar-refractivity contribution in [1.29, 1.82) is 0 Å². The Labute approximate surface area is 139 Å². The molecule has 1 aromatic carbocycles. The lowest BCUT2D eigenvalue weighted by atomic mass is 9.87. The van der Waals surface area contributed by atoms with Gasteiger partial charge in [-0.05, 0) is 24.0 Å². The van der Waals surface area contributed by atoms with Crippen LogP contribution in [0, 0.1) is 5.41 Å². The van der Waals surface area contributed by atoms with E-state index in [1.54, 1.807) is 7.11 Å². The summed E-state index contributed by atoms with van der Waals surface area (Å²) in [5.74, 6) is 1.40. The number of carbonyl (C=O) groups excluding carboxylic acids is 1. The first-order valence-electron chi connectivity index (χ1n) is 7.14. The van der Waals surface area contributed by atoms with Gasteiger partial charge >= 0.3 is 0 Å². The van der Waals surface area contributed by atoms with Gasteiger partial charge < -0.3 is 20.5 Å². The number of hydrogen-bond acceptors (Lipinski definition) is 4. The van der Waals surface area contributed by atoms with E-state index < -0.39 is 6.04 Å². The van der Waals surface area contributed by atoms with Gasteiger partial charge in [-0.3, -0.25) is 4.79 Å². The molecule has 0 unspecified atom stereocenters. The zero-order valence-corrected chi connectivity index (χ0v) is 14.5. The van der Waals surface area contributed by atoms with Gasteiger partial charge in [0.25, 0.3) is 0 Å². The maximum atomic E-state index is 11.8. The van der Waals surface area contributed by atoms with Gasteiger partial charge in [-0.25, -0.2) is 0 Å². The van der Waals surface area contributed by atoms with Gasteiger partial charge in [0.15, 0.2) is 0 Å². The second-order valence-electron chi connectivity index (χ2n) is 6.02. The van der Waals surface area contributed by atoms with Crippen LogP contribution in [0.5, 0.6) is 11.5 Å².